The van der Waals surface area contributed by atoms with Gasteiger partial charge in [0.05, 0.1) is 17.2 Å². The number of nitro benzene ring substituents is 1. The molecule has 152 valence electrons. The van der Waals surface area contributed by atoms with Gasteiger partial charge in [0.2, 0.25) is 0 Å². The third-order valence-corrected chi connectivity index (χ3v) is 5.48. The Bertz CT molecular complexity index is 986. The molecule has 0 bridgehead atoms. The van der Waals surface area contributed by atoms with Crippen molar-refractivity contribution in [3.05, 3.63) is 76.0 Å². The van der Waals surface area contributed by atoms with E-state index in [9.17, 15) is 10.1 Å². The van der Waals surface area contributed by atoms with Crippen LogP contribution in [0.4, 0.5) is 5.69 Å². The van der Waals surface area contributed by atoms with E-state index in [1.807, 2.05) is 32.3 Å². The lowest BCUT2D eigenvalue weighted by atomic mass is 10.1. The van der Waals surface area contributed by atoms with Crippen LogP contribution in [0, 0.1) is 10.1 Å². The van der Waals surface area contributed by atoms with Crippen LogP contribution in [0.3, 0.4) is 0 Å². The van der Waals surface area contributed by atoms with Crippen molar-refractivity contribution in [2.24, 2.45) is 0 Å². The molecule has 2 heterocycles. The number of pyridine rings is 1. The highest BCUT2D eigenvalue weighted by atomic mass is 32.2. The minimum absolute atomic E-state index is 0.0924. The molecule has 0 aliphatic rings. The van der Waals surface area contributed by atoms with Crippen molar-refractivity contribution in [1.29, 1.82) is 0 Å². The van der Waals surface area contributed by atoms with Gasteiger partial charge in [-0.05, 0) is 43.8 Å². The van der Waals surface area contributed by atoms with Crippen LogP contribution in [0.5, 0.6) is 0 Å². The first-order valence-corrected chi connectivity index (χ1v) is 10.2. The summed E-state index contributed by atoms with van der Waals surface area (Å²) in [4.78, 5) is 22.8. The summed E-state index contributed by atoms with van der Waals surface area (Å²) in [6.45, 7) is 5.62. The fourth-order valence-electron chi connectivity index (χ4n) is 3.00. The highest BCUT2D eigenvalue weighted by Crippen LogP contribution is 2.36. The molecule has 0 atom stereocenters. The maximum atomic E-state index is 11.2. The Labute approximate surface area is 174 Å². The molecular formula is C21H25N5O2S. The van der Waals surface area contributed by atoms with Gasteiger partial charge in [-0.25, -0.2) is 4.98 Å². The number of hydrogen-bond acceptors (Lipinski definition) is 6. The van der Waals surface area contributed by atoms with Crippen molar-refractivity contribution in [1.82, 2.24) is 19.4 Å². The van der Waals surface area contributed by atoms with E-state index in [2.05, 4.69) is 28.3 Å². The van der Waals surface area contributed by atoms with Gasteiger partial charge < -0.3 is 9.47 Å². The number of imidazole rings is 1. The normalized spacial score (nSPS) is 11.4. The molecule has 0 aliphatic heterocycles. The quantitative estimate of drug-likeness (QED) is 0.399. The summed E-state index contributed by atoms with van der Waals surface area (Å²) >= 11 is 1.53. The summed E-state index contributed by atoms with van der Waals surface area (Å²) in [7, 11) is 4.04. The summed E-state index contributed by atoms with van der Waals surface area (Å²) in [6, 6.07) is 10.7. The Morgan fingerprint density at radius 2 is 1.93 bits per heavy atom. The van der Waals surface area contributed by atoms with E-state index in [0.29, 0.717) is 13.1 Å². The average molecular weight is 412 g/mol. The van der Waals surface area contributed by atoms with Crippen molar-refractivity contribution in [3.8, 4) is 0 Å². The zero-order valence-corrected chi connectivity index (χ0v) is 17.9. The molecule has 0 amide bonds. The van der Waals surface area contributed by atoms with Crippen molar-refractivity contribution in [2.45, 2.75) is 42.8 Å². The molecule has 8 heteroatoms. The maximum Gasteiger partial charge on any atom is 0.270 e. The summed E-state index contributed by atoms with van der Waals surface area (Å²) in [5.41, 5.74) is 2.23. The monoisotopic (exact) mass is 411 g/mol. The fourth-order valence-corrected chi connectivity index (χ4v) is 4.21. The number of nitrogens with zero attached hydrogens (tertiary/aromatic N) is 5. The van der Waals surface area contributed by atoms with E-state index < -0.39 is 0 Å². The van der Waals surface area contributed by atoms with Crippen LogP contribution < -0.4 is 0 Å². The first-order chi connectivity index (χ1) is 13.8. The number of nitro groups is 1. The van der Waals surface area contributed by atoms with E-state index in [1.54, 1.807) is 24.5 Å². The smallest absolute Gasteiger partial charge is 0.270 e. The first-order valence-electron chi connectivity index (χ1n) is 9.40. The van der Waals surface area contributed by atoms with Crippen molar-refractivity contribution in [3.63, 3.8) is 0 Å². The number of non-ortho nitro benzene ring substituents is 1. The zero-order chi connectivity index (χ0) is 21.0. The van der Waals surface area contributed by atoms with Crippen molar-refractivity contribution >= 4 is 17.4 Å². The molecule has 0 N–H and O–H groups in total. The van der Waals surface area contributed by atoms with E-state index in [1.165, 1.54) is 17.8 Å². The number of aromatic nitrogens is 3. The molecule has 0 unspecified atom stereocenters. The second kappa shape index (κ2) is 9.19. The summed E-state index contributed by atoms with van der Waals surface area (Å²) in [5, 5.41) is 12.2. The predicted octanol–water partition coefficient (Wildman–Crippen LogP) is 4.57. The van der Waals surface area contributed by atoms with Gasteiger partial charge in [-0.2, -0.15) is 0 Å². The number of benzene rings is 1. The van der Waals surface area contributed by atoms with Gasteiger partial charge in [0.25, 0.3) is 5.69 Å². The van der Waals surface area contributed by atoms with E-state index in [4.69, 9.17) is 4.98 Å². The lowest BCUT2D eigenvalue weighted by Gasteiger charge is -2.15. The van der Waals surface area contributed by atoms with Gasteiger partial charge >= 0.3 is 0 Å². The van der Waals surface area contributed by atoms with E-state index in [0.717, 1.165) is 27.0 Å². The van der Waals surface area contributed by atoms with Gasteiger partial charge in [-0.15, -0.1) is 0 Å². The van der Waals surface area contributed by atoms with Crippen LogP contribution in [-0.2, 0) is 13.1 Å². The molecule has 2 aromatic heterocycles. The molecule has 0 saturated heterocycles. The molecule has 0 fully saturated rings. The van der Waals surface area contributed by atoms with Crippen molar-refractivity contribution in [2.75, 3.05) is 14.1 Å². The molecule has 0 saturated carbocycles. The van der Waals surface area contributed by atoms with Crippen LogP contribution in [0.1, 0.15) is 36.8 Å². The Kier molecular flexibility index (Phi) is 6.66. The zero-order valence-electron chi connectivity index (χ0n) is 17.1. The summed E-state index contributed by atoms with van der Waals surface area (Å²) in [6.07, 6.45) is 3.57. The molecule has 1 aromatic carbocycles. The fraction of sp³-hybridized carbons (Fsp3) is 0.333. The lowest BCUT2D eigenvalue weighted by molar-refractivity contribution is -0.385. The second-order valence-electron chi connectivity index (χ2n) is 7.41. The van der Waals surface area contributed by atoms with Crippen molar-refractivity contribution < 1.29 is 4.92 Å². The lowest BCUT2D eigenvalue weighted by Crippen LogP contribution is -2.16. The molecule has 3 aromatic rings. The Hall–Kier alpha value is -2.71. The number of rotatable bonds is 8. The maximum absolute atomic E-state index is 11.2. The molecule has 0 radical (unpaired) electrons. The third-order valence-electron chi connectivity index (χ3n) is 4.36. The van der Waals surface area contributed by atoms with E-state index >= 15 is 0 Å². The van der Waals surface area contributed by atoms with Gasteiger partial charge in [-0.3, -0.25) is 15.1 Å². The minimum Gasteiger partial charge on any atom is -0.317 e. The van der Waals surface area contributed by atoms with Crippen LogP contribution in [0.25, 0.3) is 0 Å². The predicted molar refractivity (Wildman–Crippen MR) is 114 cm³/mol. The Morgan fingerprint density at radius 1 is 1.21 bits per heavy atom. The third kappa shape index (κ3) is 5.21. The molecule has 3 rings (SSSR count). The Morgan fingerprint density at radius 3 is 2.55 bits per heavy atom. The standard InChI is InChI=1S/C21H25N5O2S/c1-15(2)20-21(29-18-7-5-6-17(12-18)26(27)28)25(19(23-20)14-24(3)4)13-16-8-10-22-11-9-16/h5-12,15H,13-14H2,1-4H3. The molecule has 0 spiro atoms. The first kappa shape index (κ1) is 21.0. The van der Waals surface area contributed by atoms with E-state index in [-0.39, 0.29) is 16.5 Å². The SMILES string of the molecule is CC(C)c1nc(CN(C)C)n(Cc2ccncc2)c1Sc1cccc([N+](=O)[O-])c1. The summed E-state index contributed by atoms with van der Waals surface area (Å²) < 4.78 is 2.22. The van der Waals surface area contributed by atoms with Crippen LogP contribution in [0.15, 0.2) is 58.7 Å². The van der Waals surface area contributed by atoms with Gasteiger partial charge in [0, 0.05) is 36.0 Å². The molecule has 0 aliphatic carbocycles. The van der Waals surface area contributed by atoms with Gasteiger partial charge in [0.15, 0.2) is 0 Å². The largest absolute Gasteiger partial charge is 0.317 e. The highest BCUT2D eigenvalue weighted by Gasteiger charge is 2.21. The van der Waals surface area contributed by atoms with Crippen LogP contribution >= 0.6 is 11.8 Å². The second-order valence-corrected chi connectivity index (χ2v) is 8.47. The highest BCUT2D eigenvalue weighted by molar-refractivity contribution is 7.99. The van der Waals surface area contributed by atoms with Gasteiger partial charge in [-0.1, -0.05) is 31.7 Å². The van der Waals surface area contributed by atoms with Crippen LogP contribution in [0.2, 0.25) is 0 Å². The molecular weight excluding hydrogens is 386 g/mol. The minimum atomic E-state index is -0.362. The average Bonchev–Trinajstić information content (AvgIpc) is 2.99. The molecule has 29 heavy (non-hydrogen) atoms. The summed E-state index contributed by atoms with van der Waals surface area (Å²) in [5.74, 6) is 1.21. The van der Waals surface area contributed by atoms with Gasteiger partial charge in [0.1, 0.15) is 10.9 Å². The van der Waals surface area contributed by atoms with Crippen LogP contribution in [-0.4, -0.2) is 38.5 Å². The number of hydrogen-bond donors (Lipinski definition) is 0. The molecule has 7 nitrogen and oxygen atoms in total. The topological polar surface area (TPSA) is 77.1 Å². The Balaban J connectivity index is 2.08.